The second-order valence-electron chi connectivity index (χ2n) is 5.41. The molecule has 0 aliphatic rings. The summed E-state index contributed by atoms with van der Waals surface area (Å²) < 4.78 is 5.94. The van der Waals surface area contributed by atoms with Gasteiger partial charge in [0.1, 0.15) is 12.4 Å². The molecular formula is C20H21NO. The van der Waals surface area contributed by atoms with Gasteiger partial charge in [0, 0.05) is 18.0 Å². The van der Waals surface area contributed by atoms with Gasteiger partial charge in [0.15, 0.2) is 0 Å². The van der Waals surface area contributed by atoms with Crippen molar-refractivity contribution in [2.24, 2.45) is 0 Å². The first-order chi connectivity index (χ1) is 10.8. The molecule has 0 spiro atoms. The molecule has 112 valence electrons. The van der Waals surface area contributed by atoms with Crippen molar-refractivity contribution in [3.05, 3.63) is 78.4 Å². The second kappa shape index (κ2) is 7.10. The molecule has 22 heavy (non-hydrogen) atoms. The minimum Gasteiger partial charge on any atom is -0.492 e. The van der Waals surface area contributed by atoms with Crippen molar-refractivity contribution in [2.45, 2.75) is 13.0 Å². The van der Waals surface area contributed by atoms with E-state index in [4.69, 9.17) is 4.74 Å². The Balaban J connectivity index is 1.55. The first-order valence-electron chi connectivity index (χ1n) is 7.73. The van der Waals surface area contributed by atoms with E-state index < -0.39 is 0 Å². The van der Waals surface area contributed by atoms with E-state index in [1.165, 1.54) is 16.3 Å². The Morgan fingerprint density at radius 1 is 0.864 bits per heavy atom. The van der Waals surface area contributed by atoms with E-state index in [0.717, 1.165) is 12.3 Å². The van der Waals surface area contributed by atoms with E-state index in [9.17, 15) is 0 Å². The highest BCUT2D eigenvalue weighted by Gasteiger charge is 2.04. The van der Waals surface area contributed by atoms with Gasteiger partial charge in [0.05, 0.1) is 0 Å². The summed E-state index contributed by atoms with van der Waals surface area (Å²) in [6.07, 6.45) is 0. The standard InChI is InChI=1S/C20H21NO/c1-16(17-8-3-2-4-9-17)21-14-15-22-20-13-7-11-18-10-5-6-12-19(18)20/h2-13,16,21H,14-15H2,1H3/t16-/m0/s1. The molecule has 0 aliphatic carbocycles. The van der Waals surface area contributed by atoms with Crippen molar-refractivity contribution in [2.75, 3.05) is 13.2 Å². The van der Waals surface area contributed by atoms with Crippen LogP contribution >= 0.6 is 0 Å². The normalized spacial score (nSPS) is 12.2. The average molecular weight is 291 g/mol. The molecule has 3 rings (SSSR count). The molecule has 2 heteroatoms. The Morgan fingerprint density at radius 2 is 1.59 bits per heavy atom. The van der Waals surface area contributed by atoms with Gasteiger partial charge in [-0.25, -0.2) is 0 Å². The number of rotatable bonds is 6. The van der Waals surface area contributed by atoms with Crippen LogP contribution in [0.3, 0.4) is 0 Å². The molecule has 0 heterocycles. The summed E-state index contributed by atoms with van der Waals surface area (Å²) in [5, 5.41) is 5.87. The smallest absolute Gasteiger partial charge is 0.127 e. The van der Waals surface area contributed by atoms with Crippen LogP contribution in [0, 0.1) is 0 Å². The highest BCUT2D eigenvalue weighted by Crippen LogP contribution is 2.24. The third-order valence-corrected chi connectivity index (χ3v) is 3.86. The number of nitrogens with one attached hydrogen (secondary N) is 1. The Kier molecular flexibility index (Phi) is 4.71. The molecule has 0 saturated heterocycles. The summed E-state index contributed by atoms with van der Waals surface area (Å²) in [4.78, 5) is 0. The molecule has 2 nitrogen and oxygen atoms in total. The third kappa shape index (κ3) is 3.46. The molecule has 0 bridgehead atoms. The minimum absolute atomic E-state index is 0.331. The predicted octanol–water partition coefficient (Wildman–Crippen LogP) is 4.57. The van der Waals surface area contributed by atoms with Crippen LogP contribution in [0.25, 0.3) is 10.8 Å². The quantitative estimate of drug-likeness (QED) is 0.672. The van der Waals surface area contributed by atoms with Gasteiger partial charge < -0.3 is 10.1 Å². The van der Waals surface area contributed by atoms with Crippen LogP contribution < -0.4 is 10.1 Å². The van der Waals surface area contributed by atoms with E-state index in [1.807, 2.05) is 24.3 Å². The van der Waals surface area contributed by atoms with Gasteiger partial charge in [-0.1, -0.05) is 66.7 Å². The summed E-state index contributed by atoms with van der Waals surface area (Å²) in [5.74, 6) is 0.951. The van der Waals surface area contributed by atoms with Gasteiger partial charge in [0.25, 0.3) is 0 Å². The molecule has 0 aromatic heterocycles. The number of hydrogen-bond acceptors (Lipinski definition) is 2. The van der Waals surface area contributed by atoms with Gasteiger partial charge in [-0.05, 0) is 23.9 Å². The minimum atomic E-state index is 0.331. The van der Waals surface area contributed by atoms with Gasteiger partial charge in [0.2, 0.25) is 0 Å². The second-order valence-corrected chi connectivity index (χ2v) is 5.41. The highest BCUT2D eigenvalue weighted by atomic mass is 16.5. The highest BCUT2D eigenvalue weighted by molar-refractivity contribution is 5.88. The van der Waals surface area contributed by atoms with Gasteiger partial charge >= 0.3 is 0 Å². The molecule has 0 saturated carbocycles. The summed E-state index contributed by atoms with van der Waals surface area (Å²) in [7, 11) is 0. The SMILES string of the molecule is C[C@H](NCCOc1cccc2ccccc12)c1ccccc1. The number of ether oxygens (including phenoxy) is 1. The third-order valence-electron chi connectivity index (χ3n) is 3.86. The van der Waals surface area contributed by atoms with E-state index in [-0.39, 0.29) is 0 Å². The van der Waals surface area contributed by atoms with Crippen molar-refractivity contribution in [1.29, 1.82) is 0 Å². The van der Waals surface area contributed by atoms with Crippen molar-refractivity contribution < 1.29 is 4.74 Å². The van der Waals surface area contributed by atoms with E-state index in [0.29, 0.717) is 12.6 Å². The monoisotopic (exact) mass is 291 g/mol. The van der Waals surface area contributed by atoms with Gasteiger partial charge in [-0.15, -0.1) is 0 Å². The maximum atomic E-state index is 5.94. The van der Waals surface area contributed by atoms with Gasteiger partial charge in [-0.3, -0.25) is 0 Å². The summed E-state index contributed by atoms with van der Waals surface area (Å²) in [5.41, 5.74) is 1.30. The zero-order chi connectivity index (χ0) is 15.2. The average Bonchev–Trinajstić information content (AvgIpc) is 2.59. The Morgan fingerprint density at radius 3 is 2.45 bits per heavy atom. The number of fused-ring (bicyclic) bond motifs is 1. The maximum Gasteiger partial charge on any atom is 0.127 e. The molecule has 1 atom stereocenters. The van der Waals surface area contributed by atoms with Crippen molar-refractivity contribution in [1.82, 2.24) is 5.32 Å². The number of hydrogen-bond donors (Lipinski definition) is 1. The number of benzene rings is 3. The van der Waals surface area contributed by atoms with Crippen molar-refractivity contribution in [3.8, 4) is 5.75 Å². The van der Waals surface area contributed by atoms with Crippen LogP contribution in [-0.2, 0) is 0 Å². The molecule has 0 unspecified atom stereocenters. The lowest BCUT2D eigenvalue weighted by atomic mass is 10.1. The molecule has 0 aliphatic heterocycles. The van der Waals surface area contributed by atoms with Crippen molar-refractivity contribution >= 4 is 10.8 Å². The molecule has 3 aromatic rings. The first-order valence-corrected chi connectivity index (χ1v) is 7.73. The van der Waals surface area contributed by atoms with Crippen LogP contribution in [0.4, 0.5) is 0 Å². The van der Waals surface area contributed by atoms with Crippen LogP contribution in [-0.4, -0.2) is 13.2 Å². The van der Waals surface area contributed by atoms with Crippen LogP contribution in [0.15, 0.2) is 72.8 Å². The Labute approximate surface area is 131 Å². The zero-order valence-corrected chi connectivity index (χ0v) is 12.8. The van der Waals surface area contributed by atoms with Crippen LogP contribution in [0.1, 0.15) is 18.5 Å². The fraction of sp³-hybridized carbons (Fsp3) is 0.200. The van der Waals surface area contributed by atoms with E-state index >= 15 is 0 Å². The molecule has 1 N–H and O–H groups in total. The molecule has 0 radical (unpaired) electrons. The van der Waals surface area contributed by atoms with E-state index in [2.05, 4.69) is 60.8 Å². The maximum absolute atomic E-state index is 5.94. The summed E-state index contributed by atoms with van der Waals surface area (Å²) in [6.45, 7) is 3.65. The first kappa shape index (κ1) is 14.6. The fourth-order valence-electron chi connectivity index (χ4n) is 2.62. The van der Waals surface area contributed by atoms with E-state index in [1.54, 1.807) is 0 Å². The molecule has 3 aromatic carbocycles. The zero-order valence-electron chi connectivity index (χ0n) is 12.8. The molecular weight excluding hydrogens is 270 g/mol. The lowest BCUT2D eigenvalue weighted by molar-refractivity contribution is 0.311. The predicted molar refractivity (Wildman–Crippen MR) is 92.3 cm³/mol. The lowest BCUT2D eigenvalue weighted by Crippen LogP contribution is -2.24. The summed E-state index contributed by atoms with van der Waals surface area (Å²) >= 11 is 0. The Hall–Kier alpha value is -2.32. The fourth-order valence-corrected chi connectivity index (χ4v) is 2.62. The van der Waals surface area contributed by atoms with Crippen LogP contribution in [0.5, 0.6) is 5.75 Å². The molecule has 0 fully saturated rings. The topological polar surface area (TPSA) is 21.3 Å². The summed E-state index contributed by atoms with van der Waals surface area (Å²) in [6, 6.07) is 25.3. The van der Waals surface area contributed by atoms with Crippen molar-refractivity contribution in [3.63, 3.8) is 0 Å². The molecule has 0 amide bonds. The Bertz CT molecular complexity index is 719. The van der Waals surface area contributed by atoms with Crippen LogP contribution in [0.2, 0.25) is 0 Å². The lowest BCUT2D eigenvalue weighted by Gasteiger charge is -2.15. The van der Waals surface area contributed by atoms with Gasteiger partial charge in [-0.2, -0.15) is 0 Å². The largest absolute Gasteiger partial charge is 0.492 e.